The lowest BCUT2D eigenvalue weighted by Gasteiger charge is -2.13. The zero-order valence-corrected chi connectivity index (χ0v) is 18.5. The second-order valence-electron chi connectivity index (χ2n) is 7.37. The SMILES string of the molecule is COCc1cccc(CNC(=O)c2ccccc2NS(=O)(=O)c2ccc3[nH]c(=O)[nH]c3c2)c1. The summed E-state index contributed by atoms with van der Waals surface area (Å²) < 4.78 is 33.5. The van der Waals surface area contributed by atoms with Gasteiger partial charge in [-0.05, 0) is 41.5 Å². The molecule has 1 aromatic heterocycles. The van der Waals surface area contributed by atoms with Crippen LogP contribution in [-0.4, -0.2) is 31.4 Å². The summed E-state index contributed by atoms with van der Waals surface area (Å²) in [5.74, 6) is -0.420. The van der Waals surface area contributed by atoms with Gasteiger partial charge in [-0.15, -0.1) is 0 Å². The van der Waals surface area contributed by atoms with Gasteiger partial charge in [0.15, 0.2) is 0 Å². The van der Waals surface area contributed by atoms with Gasteiger partial charge < -0.3 is 20.0 Å². The van der Waals surface area contributed by atoms with Crippen molar-refractivity contribution in [2.24, 2.45) is 0 Å². The highest BCUT2D eigenvalue weighted by molar-refractivity contribution is 7.92. The Morgan fingerprint density at radius 2 is 1.70 bits per heavy atom. The molecule has 1 heterocycles. The first-order chi connectivity index (χ1) is 15.9. The number of carbonyl (C=O) groups excluding carboxylic acids is 1. The predicted molar refractivity (Wildman–Crippen MR) is 124 cm³/mol. The van der Waals surface area contributed by atoms with Crippen LogP contribution in [0.3, 0.4) is 0 Å². The lowest BCUT2D eigenvalue weighted by atomic mass is 10.1. The average Bonchev–Trinajstić information content (AvgIpc) is 3.17. The normalized spacial score (nSPS) is 11.4. The molecule has 0 saturated carbocycles. The zero-order chi connectivity index (χ0) is 23.4. The highest BCUT2D eigenvalue weighted by Gasteiger charge is 2.19. The van der Waals surface area contributed by atoms with Crippen molar-refractivity contribution < 1.29 is 17.9 Å². The van der Waals surface area contributed by atoms with Crippen molar-refractivity contribution in [3.05, 3.63) is 93.9 Å². The summed E-state index contributed by atoms with van der Waals surface area (Å²) in [4.78, 5) is 29.3. The summed E-state index contributed by atoms with van der Waals surface area (Å²) in [6.45, 7) is 0.740. The molecule has 0 aliphatic heterocycles. The van der Waals surface area contributed by atoms with E-state index in [0.717, 1.165) is 11.1 Å². The van der Waals surface area contributed by atoms with Crippen LogP contribution >= 0.6 is 0 Å². The Morgan fingerprint density at radius 1 is 0.939 bits per heavy atom. The molecule has 0 unspecified atom stereocenters. The Bertz CT molecular complexity index is 1470. The number of sulfonamides is 1. The number of fused-ring (bicyclic) bond motifs is 1. The molecule has 3 aromatic carbocycles. The molecule has 4 aromatic rings. The number of nitrogens with one attached hydrogen (secondary N) is 4. The van der Waals surface area contributed by atoms with Gasteiger partial charge in [0.25, 0.3) is 15.9 Å². The van der Waals surface area contributed by atoms with Gasteiger partial charge in [-0.1, -0.05) is 36.4 Å². The third kappa shape index (κ3) is 5.13. The molecule has 0 aliphatic rings. The Balaban J connectivity index is 1.53. The summed E-state index contributed by atoms with van der Waals surface area (Å²) in [7, 11) is -2.40. The van der Waals surface area contributed by atoms with Crippen molar-refractivity contribution in [1.29, 1.82) is 0 Å². The van der Waals surface area contributed by atoms with E-state index < -0.39 is 21.6 Å². The molecule has 0 atom stereocenters. The Kier molecular flexibility index (Phi) is 6.29. The van der Waals surface area contributed by atoms with Gasteiger partial charge >= 0.3 is 5.69 Å². The van der Waals surface area contributed by atoms with Gasteiger partial charge in [0.2, 0.25) is 0 Å². The molecule has 10 heteroatoms. The molecule has 0 fully saturated rings. The number of ether oxygens (including phenoxy) is 1. The number of hydrogen-bond acceptors (Lipinski definition) is 5. The number of amides is 1. The van der Waals surface area contributed by atoms with E-state index in [-0.39, 0.29) is 22.7 Å². The van der Waals surface area contributed by atoms with E-state index in [1.807, 2.05) is 24.3 Å². The molecular weight excluding hydrogens is 444 g/mol. The minimum absolute atomic E-state index is 0.0459. The number of methoxy groups -OCH3 is 1. The largest absolute Gasteiger partial charge is 0.380 e. The van der Waals surface area contributed by atoms with Gasteiger partial charge in [0, 0.05) is 13.7 Å². The number of hydrogen-bond donors (Lipinski definition) is 4. The molecule has 9 nitrogen and oxygen atoms in total. The number of aromatic amines is 2. The lowest BCUT2D eigenvalue weighted by molar-refractivity contribution is 0.0952. The second kappa shape index (κ2) is 9.31. The highest BCUT2D eigenvalue weighted by atomic mass is 32.2. The second-order valence-corrected chi connectivity index (χ2v) is 9.06. The van der Waals surface area contributed by atoms with E-state index in [9.17, 15) is 18.0 Å². The quantitative estimate of drug-likeness (QED) is 0.317. The van der Waals surface area contributed by atoms with E-state index in [1.54, 1.807) is 25.3 Å². The topological polar surface area (TPSA) is 133 Å². The number of rotatable bonds is 8. The van der Waals surface area contributed by atoms with E-state index in [0.29, 0.717) is 17.6 Å². The minimum Gasteiger partial charge on any atom is -0.380 e. The van der Waals surface area contributed by atoms with E-state index >= 15 is 0 Å². The van der Waals surface area contributed by atoms with Crippen LogP contribution in [0.1, 0.15) is 21.5 Å². The van der Waals surface area contributed by atoms with Crippen LogP contribution in [-0.2, 0) is 27.9 Å². The summed E-state index contributed by atoms with van der Waals surface area (Å²) in [6, 6.07) is 18.2. The third-order valence-corrected chi connectivity index (χ3v) is 6.33. The van der Waals surface area contributed by atoms with E-state index in [4.69, 9.17) is 4.74 Å². The van der Waals surface area contributed by atoms with Crippen molar-refractivity contribution >= 4 is 32.7 Å². The van der Waals surface area contributed by atoms with Crippen LogP contribution in [0.15, 0.2) is 76.4 Å². The molecule has 33 heavy (non-hydrogen) atoms. The molecular formula is C23H22N4O5S. The maximum atomic E-state index is 12.9. The van der Waals surface area contributed by atoms with E-state index in [2.05, 4.69) is 20.0 Å². The van der Waals surface area contributed by atoms with Crippen LogP contribution in [0.2, 0.25) is 0 Å². The molecule has 0 aliphatic carbocycles. The molecule has 0 bridgehead atoms. The van der Waals surface area contributed by atoms with Crippen LogP contribution in [0.5, 0.6) is 0 Å². The number of benzene rings is 3. The van der Waals surface area contributed by atoms with Crippen LogP contribution in [0.25, 0.3) is 11.0 Å². The van der Waals surface area contributed by atoms with Gasteiger partial charge in [0.1, 0.15) is 0 Å². The maximum Gasteiger partial charge on any atom is 0.323 e. The molecule has 4 N–H and O–H groups in total. The number of H-pyrrole nitrogens is 2. The van der Waals surface area contributed by atoms with E-state index in [1.165, 1.54) is 24.3 Å². The first kappa shape index (κ1) is 22.3. The maximum absolute atomic E-state index is 12.9. The Labute approximate surface area is 189 Å². The molecule has 0 saturated heterocycles. The van der Waals surface area contributed by atoms with Crippen LogP contribution in [0.4, 0.5) is 5.69 Å². The fourth-order valence-electron chi connectivity index (χ4n) is 3.43. The van der Waals surface area contributed by atoms with Gasteiger partial charge in [-0.25, -0.2) is 13.2 Å². The number of imidazole rings is 1. The number of carbonyl (C=O) groups is 1. The van der Waals surface area contributed by atoms with Gasteiger partial charge in [-0.2, -0.15) is 0 Å². The summed E-state index contributed by atoms with van der Waals surface area (Å²) in [5, 5.41) is 2.82. The van der Waals surface area contributed by atoms with Crippen molar-refractivity contribution in [3.63, 3.8) is 0 Å². The fraction of sp³-hybridized carbons (Fsp3) is 0.130. The Hall–Kier alpha value is -3.89. The molecule has 0 spiro atoms. The standard InChI is InChI=1S/C23H22N4O5S/c1-32-14-16-6-4-5-15(11-16)13-24-22(28)18-7-2-3-8-19(18)27-33(30,31)17-9-10-20-21(12-17)26-23(29)25-20/h2-12,27H,13-14H2,1H3,(H,24,28)(H2,25,26,29). The lowest BCUT2D eigenvalue weighted by Crippen LogP contribution is -2.25. The molecule has 4 rings (SSSR count). The first-order valence-corrected chi connectivity index (χ1v) is 11.5. The smallest absolute Gasteiger partial charge is 0.323 e. The summed E-state index contributed by atoms with van der Waals surface area (Å²) in [5.41, 5.74) is 2.64. The first-order valence-electron chi connectivity index (χ1n) is 10.0. The summed E-state index contributed by atoms with van der Waals surface area (Å²) in [6.07, 6.45) is 0. The van der Waals surface area contributed by atoms with Gasteiger partial charge in [-0.3, -0.25) is 9.52 Å². The molecule has 0 radical (unpaired) electrons. The van der Waals surface area contributed by atoms with Crippen LogP contribution in [0, 0.1) is 0 Å². The number of para-hydroxylation sites is 1. The molecule has 1 amide bonds. The van der Waals surface area contributed by atoms with Crippen molar-refractivity contribution in [1.82, 2.24) is 15.3 Å². The van der Waals surface area contributed by atoms with Crippen molar-refractivity contribution in [2.75, 3.05) is 11.8 Å². The Morgan fingerprint density at radius 3 is 2.52 bits per heavy atom. The number of anilines is 1. The minimum atomic E-state index is -4.01. The zero-order valence-electron chi connectivity index (χ0n) is 17.7. The monoisotopic (exact) mass is 466 g/mol. The predicted octanol–water partition coefficient (Wildman–Crippen LogP) is 2.73. The highest BCUT2D eigenvalue weighted by Crippen LogP contribution is 2.22. The summed E-state index contributed by atoms with van der Waals surface area (Å²) >= 11 is 0. The average molecular weight is 467 g/mol. The van der Waals surface area contributed by atoms with Crippen molar-refractivity contribution in [2.45, 2.75) is 18.0 Å². The number of aromatic nitrogens is 2. The fourth-order valence-corrected chi connectivity index (χ4v) is 4.53. The molecule has 170 valence electrons. The van der Waals surface area contributed by atoms with Gasteiger partial charge in [0.05, 0.1) is 33.8 Å². The van der Waals surface area contributed by atoms with Crippen LogP contribution < -0.4 is 15.7 Å². The third-order valence-electron chi connectivity index (χ3n) is 4.97. The van der Waals surface area contributed by atoms with Crippen molar-refractivity contribution in [3.8, 4) is 0 Å².